The molecule has 1 aromatic rings. The van der Waals surface area contributed by atoms with Crippen LogP contribution in [0.25, 0.3) is 0 Å². The molecule has 1 N–H and O–H groups in total. The van der Waals surface area contributed by atoms with E-state index in [1.807, 2.05) is 17.0 Å². The predicted octanol–water partition coefficient (Wildman–Crippen LogP) is 2.58. The van der Waals surface area contributed by atoms with E-state index in [-0.39, 0.29) is 11.7 Å². The number of carbonyl (C=O) groups excluding carboxylic acids is 1. The van der Waals surface area contributed by atoms with Crippen molar-refractivity contribution in [3.63, 3.8) is 0 Å². The summed E-state index contributed by atoms with van der Waals surface area (Å²) in [6, 6.07) is 7.23. The first kappa shape index (κ1) is 12.9. The van der Waals surface area contributed by atoms with E-state index in [2.05, 4.69) is 6.92 Å². The summed E-state index contributed by atoms with van der Waals surface area (Å²) in [7, 11) is 0. The number of aromatic hydroxyl groups is 1. The largest absolute Gasteiger partial charge is 0.508 e. The molecular weight excluding hydrogens is 226 g/mol. The third-order valence-electron chi connectivity index (χ3n) is 3.74. The first-order valence-electron chi connectivity index (χ1n) is 6.71. The van der Waals surface area contributed by atoms with Gasteiger partial charge in [0.2, 0.25) is 5.91 Å². The van der Waals surface area contributed by atoms with Crippen molar-refractivity contribution in [2.45, 2.75) is 32.6 Å². The van der Waals surface area contributed by atoms with Gasteiger partial charge in [0.05, 0.1) is 0 Å². The minimum atomic E-state index is 0.213. The van der Waals surface area contributed by atoms with Gasteiger partial charge in [0.25, 0.3) is 0 Å². The van der Waals surface area contributed by atoms with Crippen molar-refractivity contribution in [2.75, 3.05) is 13.1 Å². The van der Waals surface area contributed by atoms with Crippen LogP contribution in [-0.4, -0.2) is 29.0 Å². The average molecular weight is 247 g/mol. The van der Waals surface area contributed by atoms with Crippen LogP contribution in [0, 0.1) is 5.92 Å². The zero-order valence-electron chi connectivity index (χ0n) is 10.9. The fourth-order valence-corrected chi connectivity index (χ4v) is 2.38. The van der Waals surface area contributed by atoms with E-state index >= 15 is 0 Å². The Kier molecular flexibility index (Phi) is 4.24. The molecule has 0 aromatic heterocycles. The Morgan fingerprint density at radius 1 is 1.33 bits per heavy atom. The summed E-state index contributed by atoms with van der Waals surface area (Å²) in [5, 5.41) is 9.64. The van der Waals surface area contributed by atoms with Gasteiger partial charge in [0.15, 0.2) is 0 Å². The molecule has 1 heterocycles. The fourth-order valence-electron chi connectivity index (χ4n) is 2.38. The van der Waals surface area contributed by atoms with E-state index in [1.165, 1.54) is 0 Å². The Morgan fingerprint density at radius 3 is 2.67 bits per heavy atom. The van der Waals surface area contributed by atoms with Crippen molar-refractivity contribution < 1.29 is 9.90 Å². The van der Waals surface area contributed by atoms with Gasteiger partial charge in [-0.1, -0.05) is 25.1 Å². The smallest absolute Gasteiger partial charge is 0.222 e. The highest BCUT2D eigenvalue weighted by molar-refractivity contribution is 5.76. The first-order valence-corrected chi connectivity index (χ1v) is 6.71. The van der Waals surface area contributed by atoms with Crippen LogP contribution < -0.4 is 0 Å². The average Bonchev–Trinajstić information content (AvgIpc) is 2.38. The van der Waals surface area contributed by atoms with E-state index in [1.54, 1.807) is 12.1 Å². The second-order valence-electron chi connectivity index (χ2n) is 5.19. The van der Waals surface area contributed by atoms with Gasteiger partial charge in [0.1, 0.15) is 5.75 Å². The zero-order chi connectivity index (χ0) is 13.0. The molecule has 18 heavy (non-hydrogen) atoms. The Hall–Kier alpha value is -1.51. The first-order chi connectivity index (χ1) is 8.66. The summed E-state index contributed by atoms with van der Waals surface area (Å²) in [4.78, 5) is 14.0. The molecule has 1 aliphatic rings. The maximum Gasteiger partial charge on any atom is 0.222 e. The predicted molar refractivity (Wildman–Crippen MR) is 71.4 cm³/mol. The van der Waals surface area contributed by atoms with Crippen LogP contribution in [0.5, 0.6) is 5.75 Å². The summed E-state index contributed by atoms with van der Waals surface area (Å²) in [6.07, 6.45) is 3.34. The number of piperidine rings is 1. The second kappa shape index (κ2) is 5.89. The van der Waals surface area contributed by atoms with Gasteiger partial charge in [0, 0.05) is 19.5 Å². The number of phenols is 1. The molecule has 0 radical (unpaired) electrons. The zero-order valence-corrected chi connectivity index (χ0v) is 10.9. The van der Waals surface area contributed by atoms with Crippen molar-refractivity contribution in [1.82, 2.24) is 4.90 Å². The number of amides is 1. The minimum Gasteiger partial charge on any atom is -0.508 e. The molecule has 0 saturated carbocycles. The van der Waals surface area contributed by atoms with Crippen LogP contribution in [-0.2, 0) is 11.2 Å². The van der Waals surface area contributed by atoms with Crippen LogP contribution in [0.2, 0.25) is 0 Å². The SMILES string of the molecule is CC1CCN(C(=O)CCc2ccccc2O)CC1. The highest BCUT2D eigenvalue weighted by Gasteiger charge is 2.19. The van der Waals surface area contributed by atoms with Crippen molar-refractivity contribution in [1.29, 1.82) is 0 Å². The van der Waals surface area contributed by atoms with Gasteiger partial charge in [-0.15, -0.1) is 0 Å². The monoisotopic (exact) mass is 247 g/mol. The van der Waals surface area contributed by atoms with Crippen molar-refractivity contribution in [3.05, 3.63) is 29.8 Å². The molecule has 1 aliphatic heterocycles. The van der Waals surface area contributed by atoms with Crippen LogP contribution in [0.15, 0.2) is 24.3 Å². The lowest BCUT2D eigenvalue weighted by atomic mass is 9.98. The molecule has 0 spiro atoms. The summed E-state index contributed by atoms with van der Waals surface area (Å²) < 4.78 is 0. The van der Waals surface area contributed by atoms with Gasteiger partial charge in [-0.25, -0.2) is 0 Å². The number of phenolic OH excluding ortho intramolecular Hbond substituents is 1. The van der Waals surface area contributed by atoms with E-state index in [0.29, 0.717) is 12.8 Å². The van der Waals surface area contributed by atoms with E-state index < -0.39 is 0 Å². The standard InChI is InChI=1S/C15H21NO2/c1-12-8-10-16(11-9-12)15(18)7-6-13-4-2-3-5-14(13)17/h2-5,12,17H,6-11H2,1H3. The van der Waals surface area contributed by atoms with Crippen molar-refractivity contribution in [3.8, 4) is 5.75 Å². The summed E-state index contributed by atoms with van der Waals surface area (Å²) >= 11 is 0. The van der Waals surface area contributed by atoms with Gasteiger partial charge in [-0.2, -0.15) is 0 Å². The Labute approximate surface area is 108 Å². The fraction of sp³-hybridized carbons (Fsp3) is 0.533. The maximum absolute atomic E-state index is 12.0. The molecule has 3 nitrogen and oxygen atoms in total. The Morgan fingerprint density at radius 2 is 2.00 bits per heavy atom. The third kappa shape index (κ3) is 3.25. The van der Waals surface area contributed by atoms with E-state index in [0.717, 1.165) is 37.4 Å². The number of likely N-dealkylation sites (tertiary alicyclic amines) is 1. The van der Waals surface area contributed by atoms with Gasteiger partial charge in [-0.3, -0.25) is 4.79 Å². The van der Waals surface area contributed by atoms with E-state index in [9.17, 15) is 9.90 Å². The van der Waals surface area contributed by atoms with E-state index in [4.69, 9.17) is 0 Å². The molecule has 1 amide bonds. The van der Waals surface area contributed by atoms with Gasteiger partial charge < -0.3 is 10.0 Å². The summed E-state index contributed by atoms with van der Waals surface area (Å²) in [5.74, 6) is 1.25. The molecular formula is C15H21NO2. The summed E-state index contributed by atoms with van der Waals surface area (Å²) in [5.41, 5.74) is 0.858. The number of para-hydroxylation sites is 1. The van der Waals surface area contributed by atoms with Gasteiger partial charge >= 0.3 is 0 Å². The molecule has 0 unspecified atom stereocenters. The number of aryl methyl sites for hydroxylation is 1. The highest BCUT2D eigenvalue weighted by Crippen LogP contribution is 2.20. The molecule has 98 valence electrons. The lowest BCUT2D eigenvalue weighted by Gasteiger charge is -2.30. The van der Waals surface area contributed by atoms with Crippen molar-refractivity contribution in [2.24, 2.45) is 5.92 Å². The lowest BCUT2D eigenvalue weighted by Crippen LogP contribution is -2.37. The van der Waals surface area contributed by atoms with Crippen LogP contribution in [0.3, 0.4) is 0 Å². The molecule has 0 aliphatic carbocycles. The normalized spacial score (nSPS) is 16.8. The number of hydrogen-bond donors (Lipinski definition) is 1. The number of nitrogens with zero attached hydrogens (tertiary/aromatic N) is 1. The summed E-state index contributed by atoms with van der Waals surface area (Å²) in [6.45, 7) is 4.02. The molecule has 0 atom stereocenters. The molecule has 0 bridgehead atoms. The number of rotatable bonds is 3. The van der Waals surface area contributed by atoms with Crippen LogP contribution in [0.1, 0.15) is 31.7 Å². The second-order valence-corrected chi connectivity index (χ2v) is 5.19. The van der Waals surface area contributed by atoms with Crippen molar-refractivity contribution >= 4 is 5.91 Å². The molecule has 1 fully saturated rings. The molecule has 1 saturated heterocycles. The maximum atomic E-state index is 12.0. The highest BCUT2D eigenvalue weighted by atomic mass is 16.3. The number of hydrogen-bond acceptors (Lipinski definition) is 2. The molecule has 1 aromatic carbocycles. The third-order valence-corrected chi connectivity index (χ3v) is 3.74. The quantitative estimate of drug-likeness (QED) is 0.892. The molecule has 2 rings (SSSR count). The molecule has 3 heteroatoms. The topological polar surface area (TPSA) is 40.5 Å². The van der Waals surface area contributed by atoms with Gasteiger partial charge in [-0.05, 0) is 36.8 Å². The van der Waals surface area contributed by atoms with Crippen LogP contribution >= 0.6 is 0 Å². The lowest BCUT2D eigenvalue weighted by molar-refractivity contribution is -0.132. The number of benzene rings is 1. The number of carbonyl (C=O) groups is 1. The Bertz CT molecular complexity index is 409. The van der Waals surface area contributed by atoms with Crippen LogP contribution in [0.4, 0.5) is 0 Å². The Balaban J connectivity index is 1.83. The minimum absolute atomic E-state index is 0.213.